The SMILES string of the molecule is CC1CC(C)C(COC(=O)C2C3CCC(C)(C3)C2C(=O)OCC2C(C)CC(C)CC2C)C(C)C1. The smallest absolute Gasteiger partial charge is 0.310 e. The molecular weight excluding hydrogens is 424 g/mol. The highest BCUT2D eigenvalue weighted by Gasteiger charge is 2.61. The van der Waals surface area contributed by atoms with E-state index in [-0.39, 0.29) is 35.1 Å². The number of hydrogen-bond acceptors (Lipinski definition) is 4. The first-order valence-corrected chi connectivity index (χ1v) is 14.3. The third-order valence-electron chi connectivity index (χ3n) is 10.8. The highest BCUT2D eigenvalue weighted by molar-refractivity contribution is 5.84. The van der Waals surface area contributed by atoms with Crippen molar-refractivity contribution in [3.8, 4) is 0 Å². The van der Waals surface area contributed by atoms with Crippen LogP contribution in [0.1, 0.15) is 93.4 Å². The van der Waals surface area contributed by atoms with E-state index in [2.05, 4.69) is 48.5 Å². The minimum Gasteiger partial charge on any atom is -0.465 e. The zero-order valence-corrected chi connectivity index (χ0v) is 22.8. The second-order valence-corrected chi connectivity index (χ2v) is 13.8. The average Bonchev–Trinajstić information content (AvgIpc) is 3.25. The molecule has 4 nitrogen and oxygen atoms in total. The molecule has 34 heavy (non-hydrogen) atoms. The van der Waals surface area contributed by atoms with E-state index in [1.165, 1.54) is 25.7 Å². The first kappa shape index (κ1) is 26.0. The van der Waals surface area contributed by atoms with Gasteiger partial charge in [-0.15, -0.1) is 0 Å². The normalized spacial score (nSPS) is 48.5. The molecular formula is C30H50O4. The van der Waals surface area contributed by atoms with Gasteiger partial charge in [0.05, 0.1) is 25.0 Å². The Bertz CT molecular complexity index is 724. The molecule has 0 saturated heterocycles. The Morgan fingerprint density at radius 1 is 0.735 bits per heavy atom. The van der Waals surface area contributed by atoms with Crippen LogP contribution in [0.3, 0.4) is 0 Å². The molecule has 8 atom stereocenters. The molecule has 2 bridgehead atoms. The largest absolute Gasteiger partial charge is 0.465 e. The van der Waals surface area contributed by atoms with Gasteiger partial charge >= 0.3 is 11.9 Å². The molecule has 0 heterocycles. The molecule has 0 amide bonds. The minimum atomic E-state index is -0.340. The van der Waals surface area contributed by atoms with Crippen molar-refractivity contribution < 1.29 is 19.1 Å². The van der Waals surface area contributed by atoms with Crippen molar-refractivity contribution in [1.82, 2.24) is 0 Å². The summed E-state index contributed by atoms with van der Waals surface area (Å²) in [7, 11) is 0. The molecule has 4 aliphatic rings. The fourth-order valence-corrected chi connectivity index (χ4v) is 9.12. The Balaban J connectivity index is 1.39. The molecule has 194 valence electrons. The summed E-state index contributed by atoms with van der Waals surface area (Å²) in [5.74, 6) is 3.98. The van der Waals surface area contributed by atoms with Crippen LogP contribution in [0.15, 0.2) is 0 Å². The van der Waals surface area contributed by atoms with Crippen molar-refractivity contribution in [2.75, 3.05) is 13.2 Å². The van der Waals surface area contributed by atoms with Crippen LogP contribution in [-0.4, -0.2) is 25.2 Å². The number of rotatable bonds is 6. The Labute approximate surface area is 208 Å². The number of carbonyl (C=O) groups excluding carboxylic acids is 2. The number of carbonyl (C=O) groups is 2. The van der Waals surface area contributed by atoms with Crippen LogP contribution in [0.4, 0.5) is 0 Å². The van der Waals surface area contributed by atoms with Crippen molar-refractivity contribution in [2.45, 2.75) is 93.4 Å². The number of esters is 2. The zero-order chi connectivity index (χ0) is 24.8. The molecule has 0 aromatic carbocycles. The van der Waals surface area contributed by atoms with Gasteiger partial charge in [0, 0.05) is 0 Å². The van der Waals surface area contributed by atoms with Crippen LogP contribution in [0, 0.1) is 70.5 Å². The minimum absolute atomic E-state index is 0.120. The summed E-state index contributed by atoms with van der Waals surface area (Å²) in [6, 6.07) is 0. The molecule has 8 unspecified atom stereocenters. The van der Waals surface area contributed by atoms with E-state index in [0.29, 0.717) is 48.7 Å². The molecule has 4 saturated carbocycles. The molecule has 4 heteroatoms. The summed E-state index contributed by atoms with van der Waals surface area (Å²) in [5, 5.41) is 0. The zero-order valence-electron chi connectivity index (χ0n) is 22.8. The lowest BCUT2D eigenvalue weighted by Crippen LogP contribution is -2.43. The maximum absolute atomic E-state index is 13.5. The molecule has 4 fully saturated rings. The van der Waals surface area contributed by atoms with Crippen LogP contribution in [0.2, 0.25) is 0 Å². The van der Waals surface area contributed by atoms with Gasteiger partial charge in [-0.05, 0) is 104 Å². The van der Waals surface area contributed by atoms with E-state index in [1.54, 1.807) is 0 Å². The van der Waals surface area contributed by atoms with E-state index >= 15 is 0 Å². The van der Waals surface area contributed by atoms with Crippen LogP contribution in [0.5, 0.6) is 0 Å². The van der Waals surface area contributed by atoms with Gasteiger partial charge in [0.2, 0.25) is 0 Å². The summed E-state index contributed by atoms with van der Waals surface area (Å²) in [6.45, 7) is 17.1. The fourth-order valence-electron chi connectivity index (χ4n) is 9.12. The van der Waals surface area contributed by atoms with Gasteiger partial charge in [-0.1, -0.05) is 48.5 Å². The number of ether oxygens (including phenoxy) is 2. The van der Waals surface area contributed by atoms with Gasteiger partial charge in [0.1, 0.15) is 0 Å². The van der Waals surface area contributed by atoms with Crippen LogP contribution >= 0.6 is 0 Å². The lowest BCUT2D eigenvalue weighted by molar-refractivity contribution is -0.169. The second-order valence-electron chi connectivity index (χ2n) is 13.8. The summed E-state index contributed by atoms with van der Waals surface area (Å²) >= 11 is 0. The lowest BCUT2D eigenvalue weighted by Gasteiger charge is -2.39. The molecule has 0 radical (unpaired) electrons. The van der Waals surface area contributed by atoms with Crippen LogP contribution in [-0.2, 0) is 19.1 Å². The quantitative estimate of drug-likeness (QED) is 0.399. The molecule has 4 aliphatic carbocycles. The highest BCUT2D eigenvalue weighted by Crippen LogP contribution is 2.61. The summed E-state index contributed by atoms with van der Waals surface area (Å²) < 4.78 is 12.0. The molecule has 0 aliphatic heterocycles. The summed E-state index contributed by atoms with van der Waals surface area (Å²) in [6.07, 6.45) is 7.84. The van der Waals surface area contributed by atoms with E-state index in [1.807, 2.05) is 0 Å². The molecule has 0 aromatic rings. The molecule has 4 rings (SSSR count). The van der Waals surface area contributed by atoms with Gasteiger partial charge in [-0.25, -0.2) is 0 Å². The van der Waals surface area contributed by atoms with Crippen molar-refractivity contribution in [2.24, 2.45) is 70.5 Å². The lowest BCUT2D eigenvalue weighted by atomic mass is 9.69. The summed E-state index contributed by atoms with van der Waals surface area (Å²) in [5.41, 5.74) is -0.120. The number of hydrogen-bond donors (Lipinski definition) is 0. The highest BCUT2D eigenvalue weighted by atomic mass is 16.5. The van der Waals surface area contributed by atoms with E-state index in [4.69, 9.17) is 9.47 Å². The van der Waals surface area contributed by atoms with Crippen molar-refractivity contribution in [1.29, 1.82) is 0 Å². The fraction of sp³-hybridized carbons (Fsp3) is 0.933. The van der Waals surface area contributed by atoms with Crippen molar-refractivity contribution in [3.63, 3.8) is 0 Å². The van der Waals surface area contributed by atoms with E-state index < -0.39 is 0 Å². The van der Waals surface area contributed by atoms with Crippen molar-refractivity contribution in [3.05, 3.63) is 0 Å². The monoisotopic (exact) mass is 474 g/mol. The topological polar surface area (TPSA) is 52.6 Å². The van der Waals surface area contributed by atoms with Gasteiger partial charge in [0.25, 0.3) is 0 Å². The maximum Gasteiger partial charge on any atom is 0.310 e. The Morgan fingerprint density at radius 2 is 1.18 bits per heavy atom. The van der Waals surface area contributed by atoms with Crippen LogP contribution in [0.25, 0.3) is 0 Å². The first-order valence-electron chi connectivity index (χ1n) is 14.3. The predicted octanol–water partition coefficient (Wildman–Crippen LogP) is 6.76. The van der Waals surface area contributed by atoms with Crippen LogP contribution < -0.4 is 0 Å². The summed E-state index contributed by atoms with van der Waals surface area (Å²) in [4.78, 5) is 26.9. The van der Waals surface area contributed by atoms with Gasteiger partial charge in [-0.3, -0.25) is 9.59 Å². The molecule has 0 aromatic heterocycles. The van der Waals surface area contributed by atoms with Gasteiger partial charge in [0.15, 0.2) is 0 Å². The average molecular weight is 475 g/mol. The maximum atomic E-state index is 13.5. The molecule has 0 N–H and O–H groups in total. The standard InChI is InChI=1S/C30H50O4/c1-17-10-19(3)24(20(4)11-17)15-33-28(31)26-23-8-9-30(7,14-23)27(26)29(32)34-16-25-21(5)12-18(2)13-22(25)6/h17-27H,8-16H2,1-7H3. The first-order chi connectivity index (χ1) is 16.0. The van der Waals surface area contributed by atoms with Gasteiger partial charge in [-0.2, -0.15) is 0 Å². The Kier molecular flexibility index (Phi) is 7.75. The van der Waals surface area contributed by atoms with E-state index in [9.17, 15) is 9.59 Å². The van der Waals surface area contributed by atoms with Crippen molar-refractivity contribution >= 4 is 11.9 Å². The Morgan fingerprint density at radius 3 is 1.65 bits per heavy atom. The number of fused-ring (bicyclic) bond motifs is 2. The van der Waals surface area contributed by atoms with Gasteiger partial charge < -0.3 is 9.47 Å². The third-order valence-corrected chi connectivity index (χ3v) is 10.8. The second kappa shape index (κ2) is 10.1. The third kappa shape index (κ3) is 5.07. The molecule has 0 spiro atoms. The Hall–Kier alpha value is -1.06. The van der Waals surface area contributed by atoms with E-state index in [0.717, 1.165) is 31.1 Å². The predicted molar refractivity (Wildman–Crippen MR) is 135 cm³/mol.